The van der Waals surface area contributed by atoms with Gasteiger partial charge in [0.15, 0.2) is 0 Å². The molecular weight excluding hydrogens is 417 g/mol. The van der Waals surface area contributed by atoms with Crippen molar-refractivity contribution in [2.75, 3.05) is 28.0 Å². The molecule has 1 aliphatic heterocycles. The number of amides is 1. The lowest BCUT2D eigenvalue weighted by Crippen LogP contribution is -2.21. The quantitative estimate of drug-likeness (QED) is 0.594. The maximum absolute atomic E-state index is 13.0. The van der Waals surface area contributed by atoms with Crippen LogP contribution in [0.25, 0.3) is 0 Å². The molecule has 8 heteroatoms. The Hall–Kier alpha value is -3.39. The molecule has 31 heavy (non-hydrogen) atoms. The summed E-state index contributed by atoms with van der Waals surface area (Å²) in [6.45, 7) is 1.92. The number of nitrogens with one attached hydrogen (secondary N) is 2. The topological polar surface area (TPSA) is 78.5 Å². The average Bonchev–Trinajstić information content (AvgIpc) is 3.30. The summed E-state index contributed by atoms with van der Waals surface area (Å²) in [7, 11) is -3.86. The maximum atomic E-state index is 13.0. The van der Waals surface area contributed by atoms with E-state index < -0.39 is 15.8 Å². The molecule has 0 saturated carbocycles. The van der Waals surface area contributed by atoms with Gasteiger partial charge in [0.25, 0.3) is 15.9 Å². The number of rotatable bonds is 6. The lowest BCUT2D eigenvalue weighted by molar-refractivity contribution is 0.102. The van der Waals surface area contributed by atoms with Crippen LogP contribution in [0.4, 0.5) is 21.5 Å². The highest BCUT2D eigenvalue weighted by Gasteiger charge is 2.18. The predicted octanol–water partition coefficient (Wildman–Crippen LogP) is 4.48. The molecule has 3 aromatic rings. The second kappa shape index (κ2) is 8.77. The van der Waals surface area contributed by atoms with Gasteiger partial charge >= 0.3 is 0 Å². The summed E-state index contributed by atoms with van der Waals surface area (Å²) in [6, 6.07) is 18.3. The van der Waals surface area contributed by atoms with Gasteiger partial charge < -0.3 is 10.2 Å². The van der Waals surface area contributed by atoms with Crippen molar-refractivity contribution in [1.82, 2.24) is 0 Å². The van der Waals surface area contributed by atoms with Gasteiger partial charge in [-0.1, -0.05) is 12.1 Å². The number of anilines is 3. The van der Waals surface area contributed by atoms with Gasteiger partial charge in [-0.3, -0.25) is 9.52 Å². The zero-order chi connectivity index (χ0) is 21.8. The fraction of sp³-hybridized carbons (Fsp3) is 0.174. The first-order valence-electron chi connectivity index (χ1n) is 9.96. The van der Waals surface area contributed by atoms with E-state index in [1.807, 2.05) is 24.3 Å². The zero-order valence-corrected chi connectivity index (χ0v) is 17.5. The fourth-order valence-electron chi connectivity index (χ4n) is 3.53. The molecule has 1 fully saturated rings. The molecule has 0 spiro atoms. The van der Waals surface area contributed by atoms with Gasteiger partial charge in [-0.2, -0.15) is 0 Å². The van der Waals surface area contributed by atoms with Gasteiger partial charge in [-0.15, -0.1) is 0 Å². The van der Waals surface area contributed by atoms with Crippen molar-refractivity contribution in [3.63, 3.8) is 0 Å². The second-order valence-corrected chi connectivity index (χ2v) is 8.98. The molecule has 0 aliphatic carbocycles. The molecular formula is C23H22FN3O3S. The van der Waals surface area contributed by atoms with Crippen LogP contribution < -0.4 is 14.9 Å². The van der Waals surface area contributed by atoms with Gasteiger partial charge in [0.05, 0.1) is 16.3 Å². The first-order chi connectivity index (χ1) is 14.9. The Morgan fingerprint density at radius 2 is 1.52 bits per heavy atom. The number of hydrogen-bond acceptors (Lipinski definition) is 4. The van der Waals surface area contributed by atoms with E-state index >= 15 is 0 Å². The lowest BCUT2D eigenvalue weighted by Gasteiger charge is -2.21. The number of para-hydroxylation sites is 2. The van der Waals surface area contributed by atoms with E-state index in [1.165, 1.54) is 48.5 Å². The summed E-state index contributed by atoms with van der Waals surface area (Å²) in [5.41, 5.74) is 2.30. The van der Waals surface area contributed by atoms with Crippen LogP contribution >= 0.6 is 0 Å². The Bertz CT molecular complexity index is 1170. The fourth-order valence-corrected chi connectivity index (χ4v) is 4.58. The maximum Gasteiger partial charge on any atom is 0.261 e. The van der Waals surface area contributed by atoms with Crippen LogP contribution in [0.3, 0.4) is 0 Å². The van der Waals surface area contributed by atoms with Crippen molar-refractivity contribution < 1.29 is 17.6 Å². The van der Waals surface area contributed by atoms with Crippen molar-refractivity contribution in [2.45, 2.75) is 17.7 Å². The van der Waals surface area contributed by atoms with Crippen LogP contribution in [0, 0.1) is 5.82 Å². The predicted molar refractivity (Wildman–Crippen MR) is 119 cm³/mol. The van der Waals surface area contributed by atoms with Crippen molar-refractivity contribution in [3.05, 3.63) is 84.2 Å². The third-order valence-electron chi connectivity index (χ3n) is 5.12. The van der Waals surface area contributed by atoms with Gasteiger partial charge in [0.1, 0.15) is 5.82 Å². The minimum Gasteiger partial charge on any atom is -0.370 e. The number of benzene rings is 3. The summed E-state index contributed by atoms with van der Waals surface area (Å²) in [5, 5.41) is 2.93. The van der Waals surface area contributed by atoms with E-state index in [0.717, 1.165) is 37.3 Å². The van der Waals surface area contributed by atoms with E-state index in [1.54, 1.807) is 0 Å². The van der Waals surface area contributed by atoms with Gasteiger partial charge in [-0.25, -0.2) is 12.8 Å². The van der Waals surface area contributed by atoms with E-state index in [-0.39, 0.29) is 16.5 Å². The minimum atomic E-state index is -3.86. The zero-order valence-electron chi connectivity index (χ0n) is 16.7. The van der Waals surface area contributed by atoms with Crippen LogP contribution in [0.2, 0.25) is 0 Å². The van der Waals surface area contributed by atoms with E-state index in [4.69, 9.17) is 0 Å². The van der Waals surface area contributed by atoms with Crippen LogP contribution in [-0.4, -0.2) is 27.4 Å². The third-order valence-corrected chi connectivity index (χ3v) is 6.52. The van der Waals surface area contributed by atoms with Crippen molar-refractivity contribution in [2.24, 2.45) is 0 Å². The summed E-state index contributed by atoms with van der Waals surface area (Å²) < 4.78 is 40.5. The molecule has 4 rings (SSSR count). The molecule has 0 unspecified atom stereocenters. The third kappa shape index (κ3) is 4.86. The Balaban J connectivity index is 1.48. The minimum absolute atomic E-state index is 0.00541. The summed E-state index contributed by atoms with van der Waals surface area (Å²) in [4.78, 5) is 15.0. The van der Waals surface area contributed by atoms with Crippen molar-refractivity contribution in [3.8, 4) is 0 Å². The molecule has 0 atom stereocenters. The molecule has 3 aromatic carbocycles. The molecule has 1 amide bonds. The standard InChI is InChI=1S/C23H22FN3O3S/c24-18-9-11-19(12-10-18)26-31(29,30)20-13-7-17(8-14-20)23(28)25-21-5-1-2-6-22(21)27-15-3-4-16-27/h1-2,5-14,26H,3-4,15-16H2,(H,25,28). The average molecular weight is 440 g/mol. The molecule has 1 saturated heterocycles. The largest absolute Gasteiger partial charge is 0.370 e. The normalized spacial score (nSPS) is 13.8. The van der Waals surface area contributed by atoms with Crippen LogP contribution in [0.5, 0.6) is 0 Å². The van der Waals surface area contributed by atoms with Gasteiger partial charge in [0, 0.05) is 24.3 Å². The number of nitrogens with zero attached hydrogens (tertiary/aromatic N) is 1. The molecule has 1 aliphatic rings. The van der Waals surface area contributed by atoms with E-state index in [0.29, 0.717) is 5.56 Å². The summed E-state index contributed by atoms with van der Waals surface area (Å²) in [6.07, 6.45) is 2.26. The summed E-state index contributed by atoms with van der Waals surface area (Å²) in [5.74, 6) is -0.772. The van der Waals surface area contributed by atoms with Gasteiger partial charge in [-0.05, 0) is 73.5 Å². The lowest BCUT2D eigenvalue weighted by atomic mass is 10.2. The highest BCUT2D eigenvalue weighted by molar-refractivity contribution is 7.92. The molecule has 2 N–H and O–H groups in total. The summed E-state index contributed by atoms with van der Waals surface area (Å²) >= 11 is 0. The van der Waals surface area contributed by atoms with E-state index in [9.17, 15) is 17.6 Å². The Morgan fingerprint density at radius 3 is 2.19 bits per heavy atom. The molecule has 1 heterocycles. The number of carbonyl (C=O) groups excluding carboxylic acids is 1. The first-order valence-corrected chi connectivity index (χ1v) is 11.4. The Morgan fingerprint density at radius 1 is 0.871 bits per heavy atom. The van der Waals surface area contributed by atoms with Crippen LogP contribution in [0.15, 0.2) is 77.7 Å². The molecule has 0 radical (unpaired) electrons. The number of sulfonamides is 1. The molecule has 6 nitrogen and oxygen atoms in total. The van der Waals surface area contributed by atoms with Crippen LogP contribution in [0.1, 0.15) is 23.2 Å². The smallest absolute Gasteiger partial charge is 0.261 e. The SMILES string of the molecule is O=C(Nc1ccccc1N1CCCC1)c1ccc(S(=O)(=O)Nc2ccc(F)cc2)cc1. The van der Waals surface area contributed by atoms with Crippen molar-refractivity contribution in [1.29, 1.82) is 0 Å². The van der Waals surface area contributed by atoms with Crippen molar-refractivity contribution >= 4 is 33.0 Å². The molecule has 0 aromatic heterocycles. The van der Waals surface area contributed by atoms with Gasteiger partial charge in [0.2, 0.25) is 0 Å². The molecule has 160 valence electrons. The molecule has 0 bridgehead atoms. The first kappa shape index (κ1) is 20.9. The number of halogens is 1. The second-order valence-electron chi connectivity index (χ2n) is 7.30. The highest BCUT2D eigenvalue weighted by Crippen LogP contribution is 2.29. The monoisotopic (exact) mass is 439 g/mol. The number of hydrogen-bond donors (Lipinski definition) is 2. The van der Waals surface area contributed by atoms with E-state index in [2.05, 4.69) is 14.9 Å². The Kier molecular flexibility index (Phi) is 5.90. The highest BCUT2D eigenvalue weighted by atomic mass is 32.2. The Labute approximate surface area is 180 Å². The number of carbonyl (C=O) groups is 1. The van der Waals surface area contributed by atoms with Crippen LogP contribution in [-0.2, 0) is 10.0 Å².